The summed E-state index contributed by atoms with van der Waals surface area (Å²) in [5.74, 6) is -3.61. The average Bonchev–Trinajstić information content (AvgIpc) is 3.14. The average molecular weight is 420 g/mol. The molecule has 0 saturated heterocycles. The van der Waals surface area contributed by atoms with Crippen molar-refractivity contribution in [3.63, 3.8) is 0 Å². The fourth-order valence-corrected chi connectivity index (χ4v) is 3.11. The van der Waals surface area contributed by atoms with Gasteiger partial charge in [0.15, 0.2) is 22.9 Å². The summed E-state index contributed by atoms with van der Waals surface area (Å²) >= 11 is 1.09. The summed E-state index contributed by atoms with van der Waals surface area (Å²) < 4.78 is 44.3. The monoisotopic (exact) mass is 420 g/mol. The first-order valence-electron chi connectivity index (χ1n) is 8.47. The van der Waals surface area contributed by atoms with E-state index >= 15 is 0 Å². The fourth-order valence-electron chi connectivity index (χ4n) is 2.39. The van der Waals surface area contributed by atoms with Crippen molar-refractivity contribution in [3.8, 4) is 11.3 Å². The van der Waals surface area contributed by atoms with Crippen LogP contribution in [-0.2, 0) is 20.7 Å². The standard InChI is InChI=1S/C20H15F3N2O3S/c1-11(28-18(26)8-12-2-5-14(21)6-3-12)19(27)25-20-24-17(10-29-20)13-4-7-15(22)16(23)9-13/h2-7,9-11H,8H2,1H3,(H,24,25,27)/t11-/m1/s1. The van der Waals surface area contributed by atoms with Gasteiger partial charge in [0.1, 0.15) is 5.82 Å². The first-order chi connectivity index (χ1) is 13.8. The number of thiazole rings is 1. The molecule has 1 heterocycles. The zero-order valence-electron chi connectivity index (χ0n) is 15.1. The Morgan fingerprint density at radius 2 is 1.83 bits per heavy atom. The quantitative estimate of drug-likeness (QED) is 0.603. The molecule has 3 aromatic rings. The minimum atomic E-state index is -1.08. The Morgan fingerprint density at radius 3 is 2.52 bits per heavy atom. The number of amides is 1. The van der Waals surface area contributed by atoms with E-state index in [1.54, 1.807) is 5.38 Å². The number of carbonyl (C=O) groups is 2. The molecule has 5 nitrogen and oxygen atoms in total. The maximum atomic E-state index is 13.3. The molecule has 29 heavy (non-hydrogen) atoms. The van der Waals surface area contributed by atoms with E-state index in [0.29, 0.717) is 16.8 Å². The van der Waals surface area contributed by atoms with E-state index in [9.17, 15) is 22.8 Å². The Morgan fingerprint density at radius 1 is 1.10 bits per heavy atom. The van der Waals surface area contributed by atoms with E-state index < -0.39 is 35.4 Å². The number of carbonyl (C=O) groups excluding carboxylic acids is 2. The largest absolute Gasteiger partial charge is 0.452 e. The van der Waals surface area contributed by atoms with Gasteiger partial charge < -0.3 is 4.74 Å². The van der Waals surface area contributed by atoms with Crippen LogP contribution in [0.2, 0.25) is 0 Å². The van der Waals surface area contributed by atoms with Crippen molar-refractivity contribution in [2.24, 2.45) is 0 Å². The maximum absolute atomic E-state index is 13.3. The number of halogens is 3. The number of aromatic nitrogens is 1. The van der Waals surface area contributed by atoms with Gasteiger partial charge in [0.2, 0.25) is 0 Å². The summed E-state index contributed by atoms with van der Waals surface area (Å²) in [4.78, 5) is 28.3. The van der Waals surface area contributed by atoms with Crippen LogP contribution in [0.5, 0.6) is 0 Å². The predicted molar refractivity (Wildman–Crippen MR) is 102 cm³/mol. The highest BCUT2D eigenvalue weighted by Gasteiger charge is 2.19. The van der Waals surface area contributed by atoms with Crippen LogP contribution in [0.25, 0.3) is 11.3 Å². The summed E-state index contributed by atoms with van der Waals surface area (Å²) in [5, 5.41) is 4.30. The van der Waals surface area contributed by atoms with Crippen LogP contribution >= 0.6 is 11.3 Å². The Labute approximate surface area is 168 Å². The van der Waals surface area contributed by atoms with Gasteiger partial charge in [-0.3, -0.25) is 14.9 Å². The second-order valence-corrected chi connectivity index (χ2v) is 6.95. The molecule has 0 radical (unpaired) electrons. The lowest BCUT2D eigenvalue weighted by Gasteiger charge is -2.12. The smallest absolute Gasteiger partial charge is 0.311 e. The third kappa shape index (κ3) is 5.41. The number of hydrogen-bond acceptors (Lipinski definition) is 5. The number of rotatable bonds is 6. The van der Waals surface area contributed by atoms with Gasteiger partial charge in [-0.25, -0.2) is 18.2 Å². The van der Waals surface area contributed by atoms with Crippen LogP contribution in [-0.4, -0.2) is 23.0 Å². The van der Waals surface area contributed by atoms with Crippen molar-refractivity contribution in [1.29, 1.82) is 0 Å². The Balaban J connectivity index is 1.56. The molecule has 0 spiro atoms. The van der Waals surface area contributed by atoms with Gasteiger partial charge in [0, 0.05) is 10.9 Å². The molecule has 0 saturated carbocycles. The van der Waals surface area contributed by atoms with E-state index in [4.69, 9.17) is 4.74 Å². The molecular weight excluding hydrogens is 405 g/mol. The number of hydrogen-bond donors (Lipinski definition) is 1. The van der Waals surface area contributed by atoms with Gasteiger partial charge in [-0.05, 0) is 42.8 Å². The molecule has 1 aromatic heterocycles. The van der Waals surface area contributed by atoms with Crippen molar-refractivity contribution >= 4 is 28.3 Å². The molecule has 0 aliphatic rings. The molecular formula is C20H15F3N2O3S. The number of anilines is 1. The summed E-state index contributed by atoms with van der Waals surface area (Å²) in [6.07, 6.45) is -1.19. The first kappa shape index (κ1) is 20.5. The van der Waals surface area contributed by atoms with Crippen LogP contribution in [0.15, 0.2) is 47.8 Å². The van der Waals surface area contributed by atoms with Crippen LogP contribution in [0, 0.1) is 17.5 Å². The minimum absolute atomic E-state index is 0.102. The van der Waals surface area contributed by atoms with Gasteiger partial charge in [0.05, 0.1) is 12.1 Å². The van der Waals surface area contributed by atoms with Crippen LogP contribution < -0.4 is 5.32 Å². The van der Waals surface area contributed by atoms with Crippen molar-refractivity contribution in [3.05, 3.63) is 70.9 Å². The molecule has 1 amide bonds. The molecule has 0 unspecified atom stereocenters. The zero-order valence-corrected chi connectivity index (χ0v) is 15.9. The molecule has 0 bridgehead atoms. The fraction of sp³-hybridized carbons (Fsp3) is 0.150. The number of nitrogens with zero attached hydrogens (tertiary/aromatic N) is 1. The SMILES string of the molecule is C[C@@H](OC(=O)Cc1ccc(F)cc1)C(=O)Nc1nc(-c2ccc(F)c(F)c2)cs1. The summed E-state index contributed by atoms with van der Waals surface area (Å²) in [7, 11) is 0. The third-order valence-electron chi connectivity index (χ3n) is 3.89. The summed E-state index contributed by atoms with van der Waals surface area (Å²) in [6.45, 7) is 1.40. The Kier molecular flexibility index (Phi) is 6.28. The summed E-state index contributed by atoms with van der Waals surface area (Å²) in [6, 6.07) is 8.74. The van der Waals surface area contributed by atoms with E-state index in [2.05, 4.69) is 10.3 Å². The lowest BCUT2D eigenvalue weighted by atomic mass is 10.1. The van der Waals surface area contributed by atoms with E-state index in [0.717, 1.165) is 23.5 Å². The highest BCUT2D eigenvalue weighted by molar-refractivity contribution is 7.14. The maximum Gasteiger partial charge on any atom is 0.311 e. The lowest BCUT2D eigenvalue weighted by Crippen LogP contribution is -2.30. The molecule has 0 aliphatic heterocycles. The number of nitrogens with one attached hydrogen (secondary N) is 1. The highest BCUT2D eigenvalue weighted by atomic mass is 32.1. The Bertz CT molecular complexity index is 1040. The van der Waals surface area contributed by atoms with E-state index in [1.165, 1.54) is 37.3 Å². The number of esters is 1. The molecule has 2 aromatic carbocycles. The molecule has 1 atom stereocenters. The van der Waals surface area contributed by atoms with Gasteiger partial charge in [-0.1, -0.05) is 12.1 Å². The first-order valence-corrected chi connectivity index (χ1v) is 9.35. The van der Waals surface area contributed by atoms with E-state index in [1.807, 2.05) is 0 Å². The second kappa shape index (κ2) is 8.87. The van der Waals surface area contributed by atoms with Crippen molar-refractivity contribution < 1.29 is 27.5 Å². The molecule has 0 fully saturated rings. The molecule has 0 aliphatic carbocycles. The normalized spacial score (nSPS) is 11.7. The molecule has 3 rings (SSSR count). The van der Waals surface area contributed by atoms with Gasteiger partial charge >= 0.3 is 5.97 Å². The molecule has 1 N–H and O–H groups in total. The Hall–Kier alpha value is -3.20. The van der Waals surface area contributed by atoms with E-state index in [-0.39, 0.29) is 11.6 Å². The van der Waals surface area contributed by atoms with Gasteiger partial charge in [0.25, 0.3) is 5.91 Å². The molecule has 150 valence electrons. The third-order valence-corrected chi connectivity index (χ3v) is 4.65. The van der Waals surface area contributed by atoms with Gasteiger partial charge in [-0.2, -0.15) is 0 Å². The van der Waals surface area contributed by atoms with Crippen molar-refractivity contribution in [2.45, 2.75) is 19.4 Å². The topological polar surface area (TPSA) is 68.3 Å². The number of benzene rings is 2. The summed E-state index contributed by atoms with van der Waals surface area (Å²) in [5.41, 5.74) is 1.28. The van der Waals surface area contributed by atoms with Crippen LogP contribution in [0.1, 0.15) is 12.5 Å². The second-order valence-electron chi connectivity index (χ2n) is 6.09. The predicted octanol–water partition coefficient (Wildman–Crippen LogP) is 4.34. The number of ether oxygens (including phenoxy) is 1. The minimum Gasteiger partial charge on any atom is -0.452 e. The highest BCUT2D eigenvalue weighted by Crippen LogP contribution is 2.26. The van der Waals surface area contributed by atoms with Gasteiger partial charge in [-0.15, -0.1) is 11.3 Å². The van der Waals surface area contributed by atoms with Crippen LogP contribution in [0.4, 0.5) is 18.3 Å². The zero-order chi connectivity index (χ0) is 21.0. The van der Waals surface area contributed by atoms with Crippen LogP contribution in [0.3, 0.4) is 0 Å². The lowest BCUT2D eigenvalue weighted by molar-refractivity contribution is -0.152. The van der Waals surface area contributed by atoms with Crippen molar-refractivity contribution in [1.82, 2.24) is 4.98 Å². The van der Waals surface area contributed by atoms with Crippen molar-refractivity contribution in [2.75, 3.05) is 5.32 Å². The molecule has 9 heteroatoms.